The van der Waals surface area contributed by atoms with Gasteiger partial charge in [-0.15, -0.1) is 0 Å². The van der Waals surface area contributed by atoms with E-state index in [2.05, 4.69) is 47.0 Å². The average Bonchev–Trinajstić information content (AvgIpc) is 3.79. The van der Waals surface area contributed by atoms with Gasteiger partial charge in [0.25, 0.3) is 0 Å². The molecule has 298 valence electrons. The van der Waals surface area contributed by atoms with Gasteiger partial charge in [0, 0.05) is 36.3 Å². The van der Waals surface area contributed by atoms with Crippen LogP contribution in [0.2, 0.25) is 10.0 Å². The van der Waals surface area contributed by atoms with Gasteiger partial charge in [-0.1, -0.05) is 59.6 Å². The van der Waals surface area contributed by atoms with Crippen LogP contribution in [0, 0.1) is 0 Å². The van der Waals surface area contributed by atoms with Crippen LogP contribution in [0.25, 0.3) is 11.1 Å². The summed E-state index contributed by atoms with van der Waals surface area (Å²) < 4.78 is 25.0. The van der Waals surface area contributed by atoms with Crippen LogP contribution in [-0.2, 0) is 35.5 Å². The summed E-state index contributed by atoms with van der Waals surface area (Å²) >= 11 is 13.5. The number of nitrogens with two attached hydrogens (primary N) is 2. The van der Waals surface area contributed by atoms with E-state index in [9.17, 15) is 19.8 Å². The topological polar surface area (TPSA) is 188 Å². The molecule has 0 unspecified atom stereocenters. The minimum atomic E-state index is -0.898. The molecule has 0 fully saturated rings. The summed E-state index contributed by atoms with van der Waals surface area (Å²) in [7, 11) is 0. The van der Waals surface area contributed by atoms with Crippen molar-refractivity contribution in [3.8, 4) is 34.1 Å². The van der Waals surface area contributed by atoms with Gasteiger partial charge in [-0.3, -0.25) is 20.2 Å². The average molecular weight is 808 g/mol. The molecule has 0 spiro atoms. The number of hydrogen-bond donors (Lipinski definition) is 6. The predicted octanol–water partition coefficient (Wildman–Crippen LogP) is 5.46. The molecule has 2 aliphatic rings. The van der Waals surface area contributed by atoms with Gasteiger partial charge in [0.15, 0.2) is 0 Å². The molecule has 14 heteroatoms. The fraction of sp³-hybridized carbons (Fsp3) is 0.381. The van der Waals surface area contributed by atoms with Gasteiger partial charge >= 0.3 is 0 Å². The third-order valence-electron chi connectivity index (χ3n) is 10.2. The van der Waals surface area contributed by atoms with Crippen molar-refractivity contribution >= 4 is 35.0 Å². The molecule has 0 aliphatic heterocycles. The fourth-order valence-electron chi connectivity index (χ4n) is 7.45. The SMILES string of the molecule is CCOc1cc(O[C@H]2CCc3c(-c4cccc5c4CC[C@@H]5Oc4cc(OCC)c(CN[C@@H](CO)C(N)=O)cc4Cl)cccc32)c(Cl)cc1CN[C@@H](CO)C(N)=O. The summed E-state index contributed by atoms with van der Waals surface area (Å²) in [6.07, 6.45) is 2.72. The van der Waals surface area contributed by atoms with E-state index >= 15 is 0 Å². The molecule has 6 rings (SSSR count). The van der Waals surface area contributed by atoms with E-state index in [-0.39, 0.29) is 25.3 Å². The predicted molar refractivity (Wildman–Crippen MR) is 214 cm³/mol. The van der Waals surface area contributed by atoms with Crippen molar-refractivity contribution < 1.29 is 38.7 Å². The summed E-state index contributed by atoms with van der Waals surface area (Å²) in [5.74, 6) is 0.799. The molecule has 8 N–H and O–H groups in total. The standard InChI is InChI=1S/C42H48Cl2N4O8/c1-3-53-37-17-39(31(43)15-23(37)19-47-33(21-49)41(45)51)55-35-13-11-27-25(7-5-9-29(27)35)26-8-6-10-30-28(26)12-14-36(30)56-40-18-38(54-4-2)24(16-32(40)44)20-48-34(22-50)42(46)52/h5-10,15-18,33-36,47-50H,3-4,11-14,19-22H2,1-2H3,(H2,45,51)(H2,46,52)/t33-,34-,35-,36-/m0/s1. The third kappa shape index (κ3) is 9.01. The van der Waals surface area contributed by atoms with Gasteiger partial charge in [-0.25, -0.2) is 0 Å². The maximum Gasteiger partial charge on any atom is 0.236 e. The van der Waals surface area contributed by atoms with Gasteiger partial charge in [0.05, 0.1) is 36.5 Å². The Labute approximate surface area is 336 Å². The molecule has 4 atom stereocenters. The largest absolute Gasteiger partial charge is 0.493 e. The Balaban J connectivity index is 1.22. The van der Waals surface area contributed by atoms with E-state index in [4.69, 9.17) is 53.6 Å². The monoisotopic (exact) mass is 806 g/mol. The number of aliphatic hydroxyl groups excluding tert-OH is 2. The van der Waals surface area contributed by atoms with Gasteiger partial charge in [0.2, 0.25) is 11.8 Å². The van der Waals surface area contributed by atoms with Crippen molar-refractivity contribution in [1.82, 2.24) is 10.6 Å². The van der Waals surface area contributed by atoms with Crippen molar-refractivity contribution in [2.24, 2.45) is 11.5 Å². The Morgan fingerprint density at radius 2 is 1.11 bits per heavy atom. The van der Waals surface area contributed by atoms with E-state index in [0.717, 1.165) is 47.9 Å². The Bertz CT molecular complexity index is 1920. The number of primary amides is 2. The molecule has 0 saturated carbocycles. The molecule has 0 bridgehead atoms. The first-order valence-electron chi connectivity index (χ1n) is 18.8. The van der Waals surface area contributed by atoms with Gasteiger partial charge in [-0.05, 0) is 85.0 Å². The minimum Gasteiger partial charge on any atom is -0.493 e. The molecule has 0 radical (unpaired) electrons. The number of benzene rings is 4. The molecule has 12 nitrogen and oxygen atoms in total. The van der Waals surface area contributed by atoms with Crippen LogP contribution in [0.4, 0.5) is 0 Å². The van der Waals surface area contributed by atoms with Crippen LogP contribution in [-0.4, -0.2) is 60.5 Å². The van der Waals surface area contributed by atoms with Crippen LogP contribution in [0.3, 0.4) is 0 Å². The summed E-state index contributed by atoms with van der Waals surface area (Å²) in [6, 6.07) is 17.9. The van der Waals surface area contributed by atoms with Crippen LogP contribution in [0.1, 0.15) is 72.3 Å². The lowest BCUT2D eigenvalue weighted by molar-refractivity contribution is -0.121. The lowest BCUT2D eigenvalue weighted by Crippen LogP contribution is -2.43. The number of fused-ring (bicyclic) bond motifs is 2. The number of rotatable bonds is 19. The number of halogens is 2. The molecule has 0 saturated heterocycles. The van der Waals surface area contributed by atoms with Crippen LogP contribution in [0.15, 0.2) is 60.7 Å². The molecule has 0 heterocycles. The molecule has 56 heavy (non-hydrogen) atoms. The Hall–Kier alpha value is -4.56. The number of carbonyl (C=O) groups excluding carboxylic acids is 2. The van der Waals surface area contributed by atoms with E-state index < -0.39 is 37.1 Å². The second-order valence-electron chi connectivity index (χ2n) is 13.7. The van der Waals surface area contributed by atoms with Crippen LogP contribution < -0.4 is 41.0 Å². The first kappa shape index (κ1) is 41.1. The highest BCUT2D eigenvalue weighted by Gasteiger charge is 2.32. The lowest BCUT2D eigenvalue weighted by atomic mass is 9.91. The van der Waals surface area contributed by atoms with Gasteiger partial charge < -0.3 is 40.6 Å². The highest BCUT2D eigenvalue weighted by Crippen LogP contribution is 2.47. The molecule has 2 aliphatic carbocycles. The number of amides is 2. The Kier molecular flexibility index (Phi) is 13.6. The zero-order valence-corrected chi connectivity index (χ0v) is 32.9. The first-order valence-corrected chi connectivity index (χ1v) is 19.6. The van der Waals surface area contributed by atoms with Gasteiger partial charge in [0.1, 0.15) is 47.3 Å². The fourth-order valence-corrected chi connectivity index (χ4v) is 7.92. The van der Waals surface area contributed by atoms with E-state index in [1.807, 2.05) is 13.8 Å². The van der Waals surface area contributed by atoms with Crippen molar-refractivity contribution in [2.75, 3.05) is 26.4 Å². The third-order valence-corrected chi connectivity index (χ3v) is 10.8. The highest BCUT2D eigenvalue weighted by atomic mass is 35.5. The van der Waals surface area contributed by atoms with Crippen LogP contribution >= 0.6 is 23.2 Å². The molecule has 4 aromatic rings. The number of carbonyl (C=O) groups is 2. The van der Waals surface area contributed by atoms with E-state index in [1.165, 1.54) is 11.1 Å². The smallest absolute Gasteiger partial charge is 0.236 e. The van der Waals surface area contributed by atoms with Gasteiger partial charge in [-0.2, -0.15) is 0 Å². The molecular weight excluding hydrogens is 759 g/mol. The normalized spacial score (nSPS) is 16.8. The molecule has 0 aromatic heterocycles. The molecule has 4 aromatic carbocycles. The number of nitrogens with one attached hydrogen (secondary N) is 2. The Morgan fingerprint density at radius 3 is 1.46 bits per heavy atom. The lowest BCUT2D eigenvalue weighted by Gasteiger charge is -2.21. The summed E-state index contributed by atoms with van der Waals surface area (Å²) in [4.78, 5) is 23.2. The molecule has 2 amide bonds. The quantitative estimate of drug-likeness (QED) is 0.0711. The summed E-state index contributed by atoms with van der Waals surface area (Å²) in [6.45, 7) is 4.15. The van der Waals surface area contributed by atoms with Crippen molar-refractivity contribution in [1.29, 1.82) is 0 Å². The highest BCUT2D eigenvalue weighted by molar-refractivity contribution is 6.32. The zero-order valence-electron chi connectivity index (χ0n) is 31.4. The van der Waals surface area contributed by atoms with E-state index in [1.54, 1.807) is 24.3 Å². The van der Waals surface area contributed by atoms with Crippen molar-refractivity contribution in [3.63, 3.8) is 0 Å². The number of ether oxygens (including phenoxy) is 4. The van der Waals surface area contributed by atoms with Crippen molar-refractivity contribution in [2.45, 2.75) is 76.9 Å². The summed E-state index contributed by atoms with van der Waals surface area (Å²) in [5.41, 5.74) is 19.1. The second kappa shape index (κ2) is 18.6. The van der Waals surface area contributed by atoms with Crippen LogP contribution in [0.5, 0.6) is 23.0 Å². The van der Waals surface area contributed by atoms with E-state index in [0.29, 0.717) is 57.4 Å². The molecular formula is C42H48Cl2N4O8. The number of aliphatic hydroxyl groups is 2. The zero-order chi connectivity index (χ0) is 39.9. The number of hydrogen-bond acceptors (Lipinski definition) is 10. The maximum atomic E-state index is 11.6. The first-order chi connectivity index (χ1) is 27.1. The summed E-state index contributed by atoms with van der Waals surface area (Å²) in [5, 5.41) is 25.7. The Morgan fingerprint density at radius 1 is 0.696 bits per heavy atom. The minimum absolute atomic E-state index is 0.212. The van der Waals surface area contributed by atoms with Crippen molar-refractivity contribution in [3.05, 3.63) is 104 Å². The maximum absolute atomic E-state index is 11.6. The second-order valence-corrected chi connectivity index (χ2v) is 14.5.